The van der Waals surface area contributed by atoms with Crippen molar-refractivity contribution >= 4 is 22.1 Å². The Morgan fingerprint density at radius 3 is 1.77 bits per heavy atom. The number of carbonyl (C=O) groups is 2. The monoisotopic (exact) mass is 400 g/mol. The summed E-state index contributed by atoms with van der Waals surface area (Å²) in [5.74, 6) is -2.09. The zero-order chi connectivity index (χ0) is 19.0. The molecule has 0 rings (SSSR count). The summed E-state index contributed by atoms with van der Waals surface area (Å²) in [6, 6.07) is 0. The average molecular weight is 401 g/mol. The molecule has 0 aromatic heterocycles. The van der Waals surface area contributed by atoms with Gasteiger partial charge < -0.3 is 10.3 Å². The van der Waals surface area contributed by atoms with E-state index in [1.54, 1.807) is 0 Å². The predicted octanol–water partition coefficient (Wildman–Crippen LogP) is 1.02. The minimum absolute atomic E-state index is 0. The fraction of sp³-hybridized carbons (Fsp3) is 0.778. The maximum absolute atomic E-state index is 11.4. The van der Waals surface area contributed by atoms with E-state index in [9.17, 15) is 18.0 Å². The number of unbranched alkanes of at least 4 members (excludes halogenated alkanes) is 9. The average Bonchev–Trinajstić information content (AvgIpc) is 2.57. The standard InChI is InChI=1S/C18H32O6S.Na.H/c1-3-5-6-7-8-9-10-11-12-13-16-23-17(19)14-15-18(20)24-25(21,22)4-2;;/h14-15H,3-13,16H2,1-2H3;;/q;+1;-1/b15-14-;;. The van der Waals surface area contributed by atoms with Crippen LogP contribution in [0.3, 0.4) is 0 Å². The van der Waals surface area contributed by atoms with Gasteiger partial charge in [-0.2, -0.15) is 8.42 Å². The van der Waals surface area contributed by atoms with E-state index < -0.39 is 22.1 Å². The van der Waals surface area contributed by atoms with Gasteiger partial charge in [0.2, 0.25) is 0 Å². The van der Waals surface area contributed by atoms with Crippen LogP contribution >= 0.6 is 0 Å². The molecule has 0 fully saturated rings. The van der Waals surface area contributed by atoms with Crippen molar-refractivity contribution in [3.05, 3.63) is 12.2 Å². The molecule has 148 valence electrons. The molecule has 0 aromatic rings. The van der Waals surface area contributed by atoms with Crippen LogP contribution in [0, 0.1) is 0 Å². The number of hydrogen-bond acceptors (Lipinski definition) is 6. The summed E-state index contributed by atoms with van der Waals surface area (Å²) in [7, 11) is -3.86. The van der Waals surface area contributed by atoms with E-state index in [-0.39, 0.29) is 36.7 Å². The maximum atomic E-state index is 11.4. The van der Waals surface area contributed by atoms with Crippen molar-refractivity contribution in [2.75, 3.05) is 12.4 Å². The normalized spacial score (nSPS) is 11.2. The molecule has 0 unspecified atom stereocenters. The third-order valence-electron chi connectivity index (χ3n) is 3.66. The Balaban J connectivity index is -0.00000288. The molecule has 26 heavy (non-hydrogen) atoms. The van der Waals surface area contributed by atoms with Gasteiger partial charge in [0, 0.05) is 12.2 Å². The Bertz CT molecular complexity index is 508. The first-order chi connectivity index (χ1) is 11.9. The van der Waals surface area contributed by atoms with Gasteiger partial charge in [-0.15, -0.1) is 0 Å². The quantitative estimate of drug-likeness (QED) is 0.134. The van der Waals surface area contributed by atoms with Crippen LogP contribution in [-0.2, 0) is 28.6 Å². The van der Waals surface area contributed by atoms with E-state index in [2.05, 4.69) is 11.1 Å². The summed E-state index contributed by atoms with van der Waals surface area (Å²) in [4.78, 5) is 22.6. The van der Waals surface area contributed by atoms with Crippen molar-refractivity contribution in [2.45, 2.75) is 78.1 Å². The molecule has 0 N–H and O–H groups in total. The van der Waals surface area contributed by atoms with Crippen LogP contribution < -0.4 is 29.6 Å². The third kappa shape index (κ3) is 18.4. The Labute approximate surface area is 182 Å². The molecule has 8 heteroatoms. The predicted molar refractivity (Wildman–Crippen MR) is 98.6 cm³/mol. The molecule has 0 aliphatic carbocycles. The van der Waals surface area contributed by atoms with E-state index in [0.717, 1.165) is 31.4 Å². The van der Waals surface area contributed by atoms with E-state index in [0.29, 0.717) is 6.61 Å². The minimum Gasteiger partial charge on any atom is -1.00 e. The maximum Gasteiger partial charge on any atom is 1.00 e. The number of rotatable bonds is 15. The molecule has 0 aliphatic rings. The van der Waals surface area contributed by atoms with Gasteiger partial charge in [-0.25, -0.2) is 9.59 Å². The summed E-state index contributed by atoms with van der Waals surface area (Å²) in [6.45, 7) is 3.86. The Morgan fingerprint density at radius 1 is 0.808 bits per heavy atom. The summed E-state index contributed by atoms with van der Waals surface area (Å²) in [6.07, 6.45) is 13.6. The van der Waals surface area contributed by atoms with Gasteiger partial charge >= 0.3 is 51.6 Å². The number of carbonyl (C=O) groups excluding carboxylic acids is 2. The molecule has 6 nitrogen and oxygen atoms in total. The topological polar surface area (TPSA) is 86.7 Å². The second-order valence-corrected chi connectivity index (χ2v) is 7.79. The van der Waals surface area contributed by atoms with Crippen molar-refractivity contribution in [1.82, 2.24) is 0 Å². The Morgan fingerprint density at radius 2 is 1.27 bits per heavy atom. The van der Waals surface area contributed by atoms with Gasteiger partial charge in [0.15, 0.2) is 0 Å². The summed E-state index contributed by atoms with van der Waals surface area (Å²) < 4.78 is 31.2. The molecule has 0 radical (unpaired) electrons. The molecular formula is C18H33NaO6S. The van der Waals surface area contributed by atoms with Crippen LogP contribution in [0.1, 0.15) is 79.5 Å². The van der Waals surface area contributed by atoms with Crippen LogP contribution in [0.4, 0.5) is 0 Å². The van der Waals surface area contributed by atoms with Crippen molar-refractivity contribution in [2.24, 2.45) is 0 Å². The molecule has 0 bridgehead atoms. The van der Waals surface area contributed by atoms with Crippen LogP contribution in [0.5, 0.6) is 0 Å². The van der Waals surface area contributed by atoms with Crippen LogP contribution in [0.2, 0.25) is 0 Å². The third-order valence-corrected chi connectivity index (χ3v) is 4.79. The summed E-state index contributed by atoms with van der Waals surface area (Å²) >= 11 is 0. The van der Waals surface area contributed by atoms with Crippen LogP contribution in [-0.4, -0.2) is 32.7 Å². The number of ether oxygens (including phenoxy) is 1. The van der Waals surface area contributed by atoms with Crippen LogP contribution in [0.15, 0.2) is 12.2 Å². The largest absolute Gasteiger partial charge is 1.00 e. The van der Waals surface area contributed by atoms with Gasteiger partial charge in [0.25, 0.3) is 0 Å². The molecule has 0 saturated carbocycles. The van der Waals surface area contributed by atoms with E-state index in [1.807, 2.05) is 0 Å². The molecule has 0 aromatic carbocycles. The SMILES string of the molecule is CCCCCCCCCCCCOC(=O)/C=C\C(=O)OS(=O)(=O)CC.[H-].[Na+]. The fourth-order valence-electron chi connectivity index (χ4n) is 2.16. The first kappa shape index (κ1) is 27.8. The van der Waals surface area contributed by atoms with Crippen molar-refractivity contribution in [3.8, 4) is 0 Å². The van der Waals surface area contributed by atoms with Crippen LogP contribution in [0.25, 0.3) is 0 Å². The summed E-state index contributed by atoms with van der Waals surface area (Å²) in [5.41, 5.74) is 0. The smallest absolute Gasteiger partial charge is 1.00 e. The van der Waals surface area contributed by atoms with Gasteiger partial charge in [0.05, 0.1) is 12.4 Å². The van der Waals surface area contributed by atoms with E-state index in [1.165, 1.54) is 51.9 Å². The Kier molecular flexibility index (Phi) is 19.3. The number of esters is 1. The minimum atomic E-state index is -3.86. The van der Waals surface area contributed by atoms with Crippen molar-refractivity contribution in [1.29, 1.82) is 0 Å². The first-order valence-corrected chi connectivity index (χ1v) is 10.8. The molecule has 0 heterocycles. The molecule has 0 aliphatic heterocycles. The zero-order valence-electron chi connectivity index (χ0n) is 17.5. The van der Waals surface area contributed by atoms with E-state index in [4.69, 9.17) is 4.74 Å². The Hall–Kier alpha value is -0.370. The first-order valence-electron chi connectivity index (χ1n) is 9.22. The van der Waals surface area contributed by atoms with E-state index >= 15 is 0 Å². The molecule has 0 amide bonds. The molecule has 0 atom stereocenters. The molecule has 0 spiro atoms. The van der Waals surface area contributed by atoms with Crippen molar-refractivity contribution < 1.29 is 57.9 Å². The molecular weight excluding hydrogens is 367 g/mol. The van der Waals surface area contributed by atoms with Gasteiger partial charge in [-0.05, 0) is 13.3 Å². The molecule has 0 saturated heterocycles. The zero-order valence-corrected chi connectivity index (χ0v) is 19.3. The second kappa shape index (κ2) is 18.0. The number of hydrogen-bond donors (Lipinski definition) is 0. The van der Waals surface area contributed by atoms with Crippen molar-refractivity contribution in [3.63, 3.8) is 0 Å². The van der Waals surface area contributed by atoms with Gasteiger partial charge in [-0.3, -0.25) is 0 Å². The van der Waals surface area contributed by atoms with Gasteiger partial charge in [0.1, 0.15) is 0 Å². The fourth-order valence-corrected chi connectivity index (χ4v) is 2.58. The second-order valence-electron chi connectivity index (χ2n) is 5.93. The van der Waals surface area contributed by atoms with Gasteiger partial charge in [-0.1, -0.05) is 64.7 Å². The summed E-state index contributed by atoms with van der Waals surface area (Å²) in [5, 5.41) is 0.